The maximum atomic E-state index is 14.6. The molecule has 6 aliphatic rings. The number of carbonyl (C=O) groups excluding carboxylic acids is 4. The van der Waals surface area contributed by atoms with Crippen molar-refractivity contribution in [3.63, 3.8) is 0 Å². The molecule has 16 nitrogen and oxygen atoms in total. The van der Waals surface area contributed by atoms with Gasteiger partial charge in [0.05, 0.1) is 74.5 Å². The van der Waals surface area contributed by atoms with Gasteiger partial charge in [0.15, 0.2) is 0 Å². The Labute approximate surface area is 418 Å². The summed E-state index contributed by atoms with van der Waals surface area (Å²) >= 11 is 0. The van der Waals surface area contributed by atoms with Crippen LogP contribution in [0.2, 0.25) is 0 Å². The van der Waals surface area contributed by atoms with Gasteiger partial charge in [-0.15, -0.1) is 0 Å². The van der Waals surface area contributed by atoms with E-state index in [1.165, 1.54) is 14.2 Å². The molecule has 71 heavy (non-hydrogen) atoms. The first kappa shape index (κ1) is 50.2. The Balaban J connectivity index is 0.00000624. The van der Waals surface area contributed by atoms with E-state index >= 15 is 0 Å². The van der Waals surface area contributed by atoms with Gasteiger partial charge in [-0.05, 0) is 151 Å². The van der Waals surface area contributed by atoms with Crippen LogP contribution < -0.4 is 10.6 Å². The fraction of sp³-hybridized carbons (Fsp3) is 0.600. The predicted molar refractivity (Wildman–Crippen MR) is 269 cm³/mol. The molecule has 10 rings (SSSR count). The number of nitrogens with zero attached hydrogens (tertiary/aromatic N) is 4. The van der Waals surface area contributed by atoms with Gasteiger partial charge < -0.3 is 49.3 Å². The smallest absolute Gasteiger partial charge is 0.407 e. The average molecular weight is 975 g/mol. The second-order valence-corrected chi connectivity index (χ2v) is 21.2. The number of ether oxygens (including phenoxy) is 4. The third kappa shape index (κ3) is 10.7. The number of rotatable bonds is 13. The summed E-state index contributed by atoms with van der Waals surface area (Å²) in [6.45, 7) is 8.27. The molecule has 382 valence electrons. The van der Waals surface area contributed by atoms with Crippen molar-refractivity contribution >= 4 is 24.0 Å². The maximum absolute atomic E-state index is 14.6. The molecule has 2 aliphatic carbocycles. The van der Waals surface area contributed by atoms with Crippen molar-refractivity contribution in [3.05, 3.63) is 72.6 Å². The van der Waals surface area contributed by atoms with Crippen molar-refractivity contribution in [2.45, 2.75) is 173 Å². The minimum atomic E-state index is -0.719. The van der Waals surface area contributed by atoms with Crippen molar-refractivity contribution < 1.29 is 38.1 Å². The molecule has 4 aliphatic heterocycles. The van der Waals surface area contributed by atoms with E-state index in [1.807, 2.05) is 22.2 Å². The lowest BCUT2D eigenvalue weighted by Crippen LogP contribution is -2.55. The number of amides is 4. The van der Waals surface area contributed by atoms with Gasteiger partial charge in [0.2, 0.25) is 11.8 Å². The molecule has 6 fully saturated rings. The number of hydrogen-bond donors (Lipinski definition) is 4. The van der Waals surface area contributed by atoms with Crippen molar-refractivity contribution in [1.29, 1.82) is 0 Å². The molecule has 0 radical (unpaired) electrons. The second kappa shape index (κ2) is 21.2. The summed E-state index contributed by atoms with van der Waals surface area (Å²) < 4.78 is 22.6. The van der Waals surface area contributed by atoms with Gasteiger partial charge >= 0.3 is 12.2 Å². The highest BCUT2D eigenvalue weighted by Gasteiger charge is 2.49. The monoisotopic (exact) mass is 975 g/mol. The number of methoxy groups -OCH3 is 2. The number of benzene rings is 2. The summed E-state index contributed by atoms with van der Waals surface area (Å²) in [4.78, 5) is 75.2. The number of H-pyrrole nitrogens is 2. The Bertz CT molecular complexity index is 2330. The summed E-state index contributed by atoms with van der Waals surface area (Å²) in [5.74, 6) is 2.21. The molecular weight excluding hydrogens is 901 g/mol. The average Bonchev–Trinajstić information content (AvgIpc) is 4.21. The molecular formula is C55H74N8O8. The minimum Gasteiger partial charge on any atom is -0.453 e. The van der Waals surface area contributed by atoms with Gasteiger partial charge in [-0.1, -0.05) is 56.0 Å². The highest BCUT2D eigenvalue weighted by atomic mass is 16.5. The van der Waals surface area contributed by atoms with E-state index in [9.17, 15) is 19.2 Å². The van der Waals surface area contributed by atoms with Gasteiger partial charge in [0.1, 0.15) is 23.7 Å². The van der Waals surface area contributed by atoms with Crippen LogP contribution in [0.25, 0.3) is 33.6 Å². The fourth-order valence-corrected chi connectivity index (χ4v) is 12.2. The molecule has 0 spiro atoms. The second-order valence-electron chi connectivity index (χ2n) is 21.2. The molecule has 12 atom stereocenters. The number of nitrogens with one attached hydrogen (secondary N) is 4. The highest BCUT2D eigenvalue weighted by molar-refractivity contribution is 5.88. The predicted octanol–water partition coefficient (Wildman–Crippen LogP) is 9.51. The van der Waals surface area contributed by atoms with Gasteiger partial charge in [-0.25, -0.2) is 19.6 Å². The first-order chi connectivity index (χ1) is 33.8. The minimum absolute atomic E-state index is 0. The zero-order valence-corrected chi connectivity index (χ0v) is 41.4. The number of aromatic amines is 2. The van der Waals surface area contributed by atoms with Crippen LogP contribution in [0.5, 0.6) is 0 Å². The van der Waals surface area contributed by atoms with Crippen LogP contribution in [0.4, 0.5) is 9.59 Å². The van der Waals surface area contributed by atoms with Gasteiger partial charge in [-0.2, -0.15) is 0 Å². The number of aromatic nitrogens is 4. The van der Waals surface area contributed by atoms with E-state index in [0.717, 1.165) is 109 Å². The van der Waals surface area contributed by atoms with Crippen LogP contribution in [0.15, 0.2) is 60.9 Å². The number of likely N-dealkylation sites (tertiary alicyclic amines) is 2. The first-order valence-electron chi connectivity index (χ1n) is 25.8. The van der Waals surface area contributed by atoms with Crippen molar-refractivity contribution in [3.8, 4) is 33.6 Å². The molecule has 0 unspecified atom stereocenters. The zero-order chi connectivity index (χ0) is 48.8. The maximum Gasteiger partial charge on any atom is 0.407 e. The molecule has 4 amide bonds. The van der Waals surface area contributed by atoms with E-state index in [-0.39, 0.29) is 79.7 Å². The number of alkyl carbamates (subject to hydrolysis) is 2. The van der Waals surface area contributed by atoms with Crippen LogP contribution in [0.3, 0.4) is 0 Å². The van der Waals surface area contributed by atoms with Gasteiger partial charge in [-0.3, -0.25) is 9.59 Å². The summed E-state index contributed by atoms with van der Waals surface area (Å²) in [6, 6.07) is 14.7. The Morgan fingerprint density at radius 3 is 1.28 bits per heavy atom. The van der Waals surface area contributed by atoms with E-state index in [4.69, 9.17) is 28.9 Å². The Hall–Kier alpha value is -5.74. The molecule has 2 aromatic heterocycles. The SMILES string of the molecule is C.COC(=O)N[C@H](C(=O)N1[C@@H](C)CC[C@H]1c1ncc(-c2ccc(-c3ccc(-c4cnc([C@@H]5CC[C@H](C)N5C(=O)[C@@H](NC(=O)OC)[C@H]5C[C@@H](C)O[C@H](C6CC6)C5)[nH]4)cc3)cc2)[nH]1)[C@H]1C[C@@H](C)O[C@H](C2CC2)C1. The summed E-state index contributed by atoms with van der Waals surface area (Å²) in [7, 11) is 2.67. The van der Waals surface area contributed by atoms with Crippen LogP contribution in [-0.4, -0.2) is 117 Å². The topological polar surface area (TPSA) is 193 Å². The quantitative estimate of drug-likeness (QED) is 0.100. The molecule has 4 aromatic rings. The van der Waals surface area contributed by atoms with Gasteiger partial charge in [0.25, 0.3) is 0 Å². The van der Waals surface area contributed by atoms with Gasteiger partial charge in [0, 0.05) is 12.1 Å². The van der Waals surface area contributed by atoms with Crippen LogP contribution >= 0.6 is 0 Å². The largest absolute Gasteiger partial charge is 0.453 e. The summed E-state index contributed by atoms with van der Waals surface area (Å²) in [5, 5.41) is 5.87. The molecule has 2 aromatic carbocycles. The zero-order valence-electron chi connectivity index (χ0n) is 41.4. The van der Waals surface area contributed by atoms with E-state index in [0.29, 0.717) is 24.7 Å². The molecule has 16 heteroatoms. The summed E-state index contributed by atoms with van der Waals surface area (Å²) in [6.07, 6.45) is 13.3. The number of hydrogen-bond acceptors (Lipinski definition) is 10. The Morgan fingerprint density at radius 2 is 0.930 bits per heavy atom. The number of carbonyl (C=O) groups is 4. The third-order valence-electron chi connectivity index (χ3n) is 16.2. The third-order valence-corrected chi connectivity index (χ3v) is 16.2. The first-order valence-corrected chi connectivity index (χ1v) is 25.8. The molecule has 2 saturated carbocycles. The summed E-state index contributed by atoms with van der Waals surface area (Å²) in [5.41, 5.74) is 5.80. The number of imidazole rings is 2. The van der Waals surface area contributed by atoms with E-state index < -0.39 is 24.3 Å². The van der Waals surface area contributed by atoms with E-state index in [1.54, 1.807) is 0 Å². The van der Waals surface area contributed by atoms with Crippen LogP contribution in [0, 0.1) is 23.7 Å². The van der Waals surface area contributed by atoms with Crippen molar-refractivity contribution in [2.75, 3.05) is 14.2 Å². The lowest BCUT2D eigenvalue weighted by atomic mass is 9.83. The molecule has 4 saturated heterocycles. The lowest BCUT2D eigenvalue weighted by Gasteiger charge is -2.40. The Kier molecular flexibility index (Phi) is 15.0. The fourth-order valence-electron chi connectivity index (χ4n) is 12.2. The lowest BCUT2D eigenvalue weighted by molar-refractivity contribution is -0.142. The van der Waals surface area contributed by atoms with Crippen LogP contribution in [-0.2, 0) is 28.5 Å². The molecule has 6 heterocycles. The van der Waals surface area contributed by atoms with E-state index in [2.05, 4.69) is 96.8 Å². The standard InChI is InChI=1S/C54H70N8O8.CH4/c1-29-7-21-43(61(29)51(63)47(59-53(65)67-5)39-23-31(3)69-45(25-39)37-17-18-37)49-55-27-41(57-49)35-13-9-33(10-14-35)34-11-15-36(16-12-34)42-28-56-50(58-42)44-22-8-30(2)62(44)52(64)48(60-54(66)68-6)40-24-32(4)70-46(26-40)38-19-20-38;/h9-16,27-32,37-40,43-48H,7-8,17-26H2,1-6H3,(H,55,57)(H,56,58)(H,59,65)(H,60,66);1H4/t29-,30-,31+,32+,39-,40-,43-,44-,45-,46-,47-,48-;/m0./s1. The highest BCUT2D eigenvalue weighted by Crippen LogP contribution is 2.45. The van der Waals surface area contributed by atoms with Crippen molar-refractivity contribution in [1.82, 2.24) is 40.4 Å². The molecule has 0 bridgehead atoms. The van der Waals surface area contributed by atoms with Crippen LogP contribution in [0.1, 0.15) is 136 Å². The normalized spacial score (nSPS) is 29.4. The Morgan fingerprint density at radius 1 is 0.563 bits per heavy atom. The molecule has 4 N–H and O–H groups in total. The van der Waals surface area contributed by atoms with Crippen molar-refractivity contribution in [2.24, 2.45) is 23.7 Å².